The molecule has 2 bridgehead atoms. The van der Waals surface area contributed by atoms with Crippen LogP contribution in [0.5, 0.6) is 0 Å². The van der Waals surface area contributed by atoms with Gasteiger partial charge in [-0.3, -0.25) is 9.59 Å². The predicted molar refractivity (Wildman–Crippen MR) is 88.4 cm³/mol. The van der Waals surface area contributed by atoms with Crippen molar-refractivity contribution in [3.05, 3.63) is 46.5 Å². The third-order valence-corrected chi connectivity index (χ3v) is 6.55. The van der Waals surface area contributed by atoms with Crippen LogP contribution in [0.15, 0.2) is 46.0 Å². The van der Waals surface area contributed by atoms with Crippen molar-refractivity contribution < 1.29 is 9.59 Å². The molecule has 0 radical (unpaired) electrons. The fourth-order valence-corrected chi connectivity index (χ4v) is 5.11. The number of carbonyl (C=O) groups is 2. The van der Waals surface area contributed by atoms with E-state index in [4.69, 9.17) is 0 Å². The Labute approximate surface area is 142 Å². The quantitative estimate of drug-likeness (QED) is 0.456. The number of carbonyl (C=O) groups excluding carboxylic acids is 2. The van der Waals surface area contributed by atoms with Crippen molar-refractivity contribution in [2.24, 2.45) is 34.2 Å². The lowest BCUT2D eigenvalue weighted by Crippen LogP contribution is -2.30. The van der Waals surface area contributed by atoms with E-state index in [-0.39, 0.29) is 40.9 Å². The van der Waals surface area contributed by atoms with Crippen LogP contribution in [-0.2, 0) is 9.59 Å². The van der Waals surface area contributed by atoms with E-state index in [0.29, 0.717) is 0 Å². The first-order chi connectivity index (χ1) is 11.1. The standard InChI is InChI=1S/C18H15BrN2O2/c19-11-3-1-10(2-4-11)9-20-21-16(22)14-12-5-6-13(15(14)17(21)23)18(12)7-8-18/h1-6,9,12-15H,7-8H2/b20-9-/t12-,13+,14-,15+. The fourth-order valence-electron chi connectivity index (χ4n) is 4.85. The molecule has 4 nitrogen and oxygen atoms in total. The van der Waals surface area contributed by atoms with E-state index in [1.807, 2.05) is 24.3 Å². The summed E-state index contributed by atoms with van der Waals surface area (Å²) in [4.78, 5) is 25.5. The molecule has 5 rings (SSSR count). The highest BCUT2D eigenvalue weighted by molar-refractivity contribution is 9.10. The Hall–Kier alpha value is -1.75. The molecule has 1 heterocycles. The molecule has 0 unspecified atom stereocenters. The topological polar surface area (TPSA) is 49.7 Å². The Morgan fingerprint density at radius 1 is 1.04 bits per heavy atom. The molecule has 1 aliphatic heterocycles. The second-order valence-electron chi connectivity index (χ2n) is 7.01. The maximum Gasteiger partial charge on any atom is 0.254 e. The molecule has 0 aromatic heterocycles. The summed E-state index contributed by atoms with van der Waals surface area (Å²) in [7, 11) is 0. The largest absolute Gasteiger partial charge is 0.272 e. The van der Waals surface area contributed by atoms with Gasteiger partial charge in [0.25, 0.3) is 11.8 Å². The van der Waals surface area contributed by atoms with Gasteiger partial charge in [0.2, 0.25) is 0 Å². The number of hydrogen-bond donors (Lipinski definition) is 0. The maximum absolute atomic E-state index is 12.7. The summed E-state index contributed by atoms with van der Waals surface area (Å²) in [5.74, 6) is -0.0826. The molecular formula is C18H15BrN2O2. The highest BCUT2D eigenvalue weighted by Gasteiger charge is 2.73. The van der Waals surface area contributed by atoms with Crippen LogP contribution in [0.3, 0.4) is 0 Å². The van der Waals surface area contributed by atoms with E-state index >= 15 is 0 Å². The van der Waals surface area contributed by atoms with Crippen LogP contribution >= 0.6 is 15.9 Å². The highest BCUT2D eigenvalue weighted by Crippen LogP contribution is 2.73. The van der Waals surface area contributed by atoms with Crippen LogP contribution in [0.1, 0.15) is 18.4 Å². The lowest BCUT2D eigenvalue weighted by molar-refractivity contribution is -0.141. The average molecular weight is 371 g/mol. The van der Waals surface area contributed by atoms with E-state index in [0.717, 1.165) is 27.9 Å². The van der Waals surface area contributed by atoms with Crippen LogP contribution in [0.4, 0.5) is 0 Å². The van der Waals surface area contributed by atoms with Crippen molar-refractivity contribution in [2.75, 3.05) is 0 Å². The van der Waals surface area contributed by atoms with Crippen molar-refractivity contribution in [3.63, 3.8) is 0 Å². The zero-order valence-electron chi connectivity index (χ0n) is 12.4. The summed E-state index contributed by atoms with van der Waals surface area (Å²) in [5.41, 5.74) is 1.10. The molecule has 4 atom stereocenters. The number of hydrazone groups is 1. The summed E-state index contributed by atoms with van der Waals surface area (Å²) >= 11 is 3.38. The second-order valence-corrected chi connectivity index (χ2v) is 7.92. The van der Waals surface area contributed by atoms with E-state index in [1.54, 1.807) is 6.21 Å². The average Bonchev–Trinajstić information content (AvgIpc) is 3.15. The third kappa shape index (κ3) is 1.69. The molecule has 1 saturated heterocycles. The van der Waals surface area contributed by atoms with Crippen LogP contribution in [0, 0.1) is 29.1 Å². The lowest BCUT2D eigenvalue weighted by Gasteiger charge is -2.18. The zero-order chi connectivity index (χ0) is 15.8. The maximum atomic E-state index is 12.7. The molecule has 5 heteroatoms. The molecule has 2 amide bonds. The minimum atomic E-state index is -0.179. The van der Waals surface area contributed by atoms with Gasteiger partial charge in [0.15, 0.2) is 0 Å². The number of rotatable bonds is 2. The van der Waals surface area contributed by atoms with Crippen molar-refractivity contribution in [1.82, 2.24) is 5.01 Å². The fraction of sp³-hybridized carbons (Fsp3) is 0.389. The molecule has 2 saturated carbocycles. The Morgan fingerprint density at radius 2 is 1.61 bits per heavy atom. The van der Waals surface area contributed by atoms with Gasteiger partial charge < -0.3 is 0 Å². The number of halogens is 1. The Morgan fingerprint density at radius 3 is 2.13 bits per heavy atom. The molecule has 1 aromatic carbocycles. The van der Waals surface area contributed by atoms with Gasteiger partial charge in [0, 0.05) is 4.47 Å². The van der Waals surface area contributed by atoms with E-state index in [1.165, 1.54) is 0 Å². The molecule has 1 aromatic rings. The number of imide groups is 1. The van der Waals surface area contributed by atoms with Crippen molar-refractivity contribution >= 4 is 34.0 Å². The molecule has 1 spiro atoms. The van der Waals surface area contributed by atoms with Gasteiger partial charge >= 0.3 is 0 Å². The zero-order valence-corrected chi connectivity index (χ0v) is 13.9. The van der Waals surface area contributed by atoms with Crippen molar-refractivity contribution in [1.29, 1.82) is 0 Å². The van der Waals surface area contributed by atoms with E-state index < -0.39 is 0 Å². The number of fused-ring (bicyclic) bond motifs is 3. The minimum absolute atomic E-state index is 0.114. The van der Waals surface area contributed by atoms with Crippen LogP contribution < -0.4 is 0 Å². The van der Waals surface area contributed by atoms with E-state index in [9.17, 15) is 9.59 Å². The van der Waals surface area contributed by atoms with Gasteiger partial charge in [-0.15, -0.1) is 0 Å². The minimum Gasteiger partial charge on any atom is -0.272 e. The van der Waals surface area contributed by atoms with Crippen LogP contribution in [0.25, 0.3) is 0 Å². The second kappa shape index (κ2) is 4.41. The molecule has 116 valence electrons. The Balaban J connectivity index is 1.43. The number of allylic oxidation sites excluding steroid dienone is 2. The number of benzene rings is 1. The highest BCUT2D eigenvalue weighted by atomic mass is 79.9. The summed E-state index contributed by atoms with van der Waals surface area (Å²) in [6, 6.07) is 7.60. The molecule has 23 heavy (non-hydrogen) atoms. The molecule has 3 aliphatic carbocycles. The number of amides is 2. The monoisotopic (exact) mass is 370 g/mol. The smallest absolute Gasteiger partial charge is 0.254 e. The van der Waals surface area contributed by atoms with Crippen LogP contribution in [0.2, 0.25) is 0 Å². The first-order valence-electron chi connectivity index (χ1n) is 7.97. The van der Waals surface area contributed by atoms with Gasteiger partial charge in [0.1, 0.15) is 0 Å². The molecule has 4 aliphatic rings. The Kier molecular flexibility index (Phi) is 2.62. The van der Waals surface area contributed by atoms with Crippen molar-refractivity contribution in [2.45, 2.75) is 12.8 Å². The summed E-state index contributed by atoms with van der Waals surface area (Å²) in [6.07, 6.45) is 8.25. The normalized spacial score (nSPS) is 35.8. The predicted octanol–water partition coefficient (Wildman–Crippen LogP) is 2.98. The summed E-state index contributed by atoms with van der Waals surface area (Å²) < 4.78 is 0.981. The summed E-state index contributed by atoms with van der Waals surface area (Å²) in [6.45, 7) is 0. The summed E-state index contributed by atoms with van der Waals surface area (Å²) in [5, 5.41) is 5.31. The number of nitrogens with zero attached hydrogens (tertiary/aromatic N) is 2. The first-order valence-corrected chi connectivity index (χ1v) is 8.77. The van der Waals surface area contributed by atoms with Gasteiger partial charge in [-0.2, -0.15) is 10.1 Å². The first kappa shape index (κ1) is 13.7. The van der Waals surface area contributed by atoms with Gasteiger partial charge in [0.05, 0.1) is 18.1 Å². The lowest BCUT2D eigenvalue weighted by atomic mass is 9.85. The van der Waals surface area contributed by atoms with Crippen LogP contribution in [-0.4, -0.2) is 23.0 Å². The van der Waals surface area contributed by atoms with E-state index in [2.05, 4.69) is 33.2 Å². The van der Waals surface area contributed by atoms with Gasteiger partial charge in [-0.1, -0.05) is 40.2 Å². The SMILES string of the molecule is O=C1[C@@H]2[C@H](C(=O)N1/N=C\c1ccc(Br)cc1)[C@H]1C=C[C@@H]2C12CC2. The molecular weight excluding hydrogens is 356 g/mol. The molecule has 3 fully saturated rings. The Bertz CT molecular complexity index is 745. The molecule has 0 N–H and O–H groups in total. The van der Waals surface area contributed by atoms with Gasteiger partial charge in [-0.25, -0.2) is 0 Å². The number of hydrogen-bond acceptors (Lipinski definition) is 3. The third-order valence-electron chi connectivity index (χ3n) is 6.02. The van der Waals surface area contributed by atoms with Crippen molar-refractivity contribution in [3.8, 4) is 0 Å². The van der Waals surface area contributed by atoms with Gasteiger partial charge in [-0.05, 0) is 47.8 Å².